The van der Waals surface area contributed by atoms with E-state index in [1.165, 1.54) is 0 Å². The second-order valence-electron chi connectivity index (χ2n) is 5.66. The largest absolute Gasteiger partial charge is 0.344 e. The van der Waals surface area contributed by atoms with Crippen LogP contribution in [0.5, 0.6) is 0 Å². The van der Waals surface area contributed by atoms with Crippen LogP contribution < -0.4 is 0 Å². The van der Waals surface area contributed by atoms with Gasteiger partial charge in [-0.3, -0.25) is 0 Å². The quantitative estimate of drug-likeness (QED) is 0.700. The first-order valence-electron chi connectivity index (χ1n) is 6.65. The maximum atomic E-state index is 4.81. The van der Waals surface area contributed by atoms with Crippen molar-refractivity contribution in [2.75, 3.05) is 26.7 Å². The summed E-state index contributed by atoms with van der Waals surface area (Å²) in [5.41, 5.74) is 0.00540. The van der Waals surface area contributed by atoms with E-state index in [-0.39, 0.29) is 5.54 Å². The predicted molar refractivity (Wildman–Crippen MR) is 75.4 cm³/mol. The molecular formula is C14H27N3. The lowest BCUT2D eigenvalue weighted by Crippen LogP contribution is -2.34. The number of guanidine groups is 1. The zero-order valence-corrected chi connectivity index (χ0v) is 12.0. The van der Waals surface area contributed by atoms with Gasteiger partial charge in [0.1, 0.15) is 0 Å². The van der Waals surface area contributed by atoms with Crippen LogP contribution >= 0.6 is 0 Å². The van der Waals surface area contributed by atoms with E-state index in [4.69, 9.17) is 4.99 Å². The van der Waals surface area contributed by atoms with Crippen LogP contribution in [0.2, 0.25) is 0 Å². The van der Waals surface area contributed by atoms with Crippen LogP contribution in [0.3, 0.4) is 0 Å². The van der Waals surface area contributed by atoms with Crippen molar-refractivity contribution in [3.05, 3.63) is 12.2 Å². The van der Waals surface area contributed by atoms with Crippen molar-refractivity contribution >= 4 is 5.96 Å². The molecule has 1 saturated heterocycles. The van der Waals surface area contributed by atoms with Gasteiger partial charge in [0.25, 0.3) is 0 Å². The number of likely N-dealkylation sites (N-methyl/N-ethyl adjacent to an activating group) is 1. The van der Waals surface area contributed by atoms with Gasteiger partial charge in [0.05, 0.1) is 5.54 Å². The van der Waals surface area contributed by atoms with Crippen LogP contribution in [0.4, 0.5) is 0 Å². The van der Waals surface area contributed by atoms with Crippen LogP contribution in [0.15, 0.2) is 17.1 Å². The molecule has 0 radical (unpaired) electrons. The van der Waals surface area contributed by atoms with Gasteiger partial charge in [-0.15, -0.1) is 0 Å². The average molecular weight is 237 g/mol. The van der Waals surface area contributed by atoms with E-state index in [9.17, 15) is 0 Å². The van der Waals surface area contributed by atoms with E-state index in [1.54, 1.807) is 0 Å². The third-order valence-electron chi connectivity index (χ3n) is 2.73. The number of hydrogen-bond donors (Lipinski definition) is 0. The Kier molecular flexibility index (Phi) is 5.03. The number of aliphatic imine (C=N–C) groups is 1. The SMILES string of the molecule is CC/C=C\CCN1CCN(C)C1=NC(C)(C)C. The van der Waals surface area contributed by atoms with Crippen molar-refractivity contribution in [3.8, 4) is 0 Å². The molecule has 0 aromatic rings. The van der Waals surface area contributed by atoms with Gasteiger partial charge >= 0.3 is 0 Å². The minimum Gasteiger partial charge on any atom is -0.344 e. The second-order valence-corrected chi connectivity index (χ2v) is 5.66. The number of nitrogens with zero attached hydrogens (tertiary/aromatic N) is 3. The first kappa shape index (κ1) is 14.1. The monoisotopic (exact) mass is 237 g/mol. The van der Waals surface area contributed by atoms with Gasteiger partial charge in [-0.1, -0.05) is 19.1 Å². The molecule has 0 aliphatic carbocycles. The van der Waals surface area contributed by atoms with Crippen molar-refractivity contribution < 1.29 is 0 Å². The maximum absolute atomic E-state index is 4.81. The fourth-order valence-electron chi connectivity index (χ4n) is 1.89. The number of hydrogen-bond acceptors (Lipinski definition) is 1. The van der Waals surface area contributed by atoms with Gasteiger partial charge < -0.3 is 9.80 Å². The minimum atomic E-state index is 0.00540. The molecule has 0 N–H and O–H groups in total. The Balaban J connectivity index is 2.59. The Bertz CT molecular complexity index is 286. The molecule has 0 aromatic carbocycles. The zero-order chi connectivity index (χ0) is 12.9. The highest BCUT2D eigenvalue weighted by Crippen LogP contribution is 2.14. The van der Waals surface area contributed by atoms with Crippen LogP contribution in [0, 0.1) is 0 Å². The molecular weight excluding hydrogens is 210 g/mol. The molecule has 3 heteroatoms. The van der Waals surface area contributed by atoms with E-state index in [2.05, 4.69) is 56.7 Å². The maximum Gasteiger partial charge on any atom is 0.196 e. The summed E-state index contributed by atoms with van der Waals surface area (Å²) in [6.07, 6.45) is 6.75. The van der Waals surface area contributed by atoms with Crippen molar-refractivity contribution in [2.24, 2.45) is 4.99 Å². The van der Waals surface area contributed by atoms with Crippen LogP contribution in [-0.4, -0.2) is 48.0 Å². The standard InChI is InChI=1S/C14H27N3/c1-6-7-8-9-10-17-12-11-16(5)13(17)15-14(2,3)4/h7-8H,6,9-12H2,1-5H3/b8-7-,15-13?. The molecule has 0 spiro atoms. The summed E-state index contributed by atoms with van der Waals surface area (Å²) < 4.78 is 0. The summed E-state index contributed by atoms with van der Waals surface area (Å²) in [4.78, 5) is 9.47. The summed E-state index contributed by atoms with van der Waals surface area (Å²) in [6, 6.07) is 0. The van der Waals surface area contributed by atoms with E-state index in [1.807, 2.05) is 0 Å². The first-order valence-corrected chi connectivity index (χ1v) is 6.65. The van der Waals surface area contributed by atoms with Gasteiger partial charge in [-0.05, 0) is 33.6 Å². The highest BCUT2D eigenvalue weighted by Gasteiger charge is 2.24. The summed E-state index contributed by atoms with van der Waals surface area (Å²) in [6.45, 7) is 11.9. The summed E-state index contributed by atoms with van der Waals surface area (Å²) in [5, 5.41) is 0. The molecule has 1 aliphatic rings. The van der Waals surface area contributed by atoms with Crippen molar-refractivity contribution in [3.63, 3.8) is 0 Å². The Morgan fingerprint density at radius 3 is 2.53 bits per heavy atom. The highest BCUT2D eigenvalue weighted by atomic mass is 15.4. The van der Waals surface area contributed by atoms with Crippen molar-refractivity contribution in [2.45, 2.75) is 46.1 Å². The van der Waals surface area contributed by atoms with Gasteiger partial charge in [-0.2, -0.15) is 0 Å². The van der Waals surface area contributed by atoms with E-state index < -0.39 is 0 Å². The zero-order valence-electron chi connectivity index (χ0n) is 12.0. The fourth-order valence-corrected chi connectivity index (χ4v) is 1.89. The Hall–Kier alpha value is -0.990. The number of rotatable bonds is 4. The highest BCUT2D eigenvalue weighted by molar-refractivity contribution is 5.82. The Morgan fingerprint density at radius 2 is 1.94 bits per heavy atom. The number of allylic oxidation sites excluding steroid dienone is 1. The molecule has 1 rings (SSSR count). The second kappa shape index (κ2) is 6.08. The van der Waals surface area contributed by atoms with Crippen molar-refractivity contribution in [1.29, 1.82) is 0 Å². The molecule has 3 nitrogen and oxygen atoms in total. The summed E-state index contributed by atoms with van der Waals surface area (Å²) >= 11 is 0. The van der Waals surface area contributed by atoms with Gasteiger partial charge in [0.2, 0.25) is 0 Å². The molecule has 0 bridgehead atoms. The molecule has 1 fully saturated rings. The fraction of sp³-hybridized carbons (Fsp3) is 0.786. The molecule has 0 aromatic heterocycles. The average Bonchev–Trinajstić information content (AvgIpc) is 2.54. The molecule has 0 atom stereocenters. The van der Waals surface area contributed by atoms with E-state index in [0.717, 1.165) is 38.4 Å². The molecule has 1 heterocycles. The lowest BCUT2D eigenvalue weighted by Gasteiger charge is -2.24. The molecule has 17 heavy (non-hydrogen) atoms. The van der Waals surface area contributed by atoms with Crippen LogP contribution in [0.25, 0.3) is 0 Å². The van der Waals surface area contributed by atoms with E-state index >= 15 is 0 Å². The normalized spacial score (nSPS) is 19.9. The lowest BCUT2D eigenvalue weighted by atomic mass is 10.1. The third kappa shape index (κ3) is 4.80. The third-order valence-corrected chi connectivity index (χ3v) is 2.73. The van der Waals surface area contributed by atoms with E-state index in [0.29, 0.717) is 0 Å². The first-order chi connectivity index (χ1) is 7.94. The van der Waals surface area contributed by atoms with Gasteiger partial charge in [-0.25, -0.2) is 4.99 Å². The van der Waals surface area contributed by atoms with Crippen LogP contribution in [-0.2, 0) is 0 Å². The molecule has 0 saturated carbocycles. The topological polar surface area (TPSA) is 18.8 Å². The van der Waals surface area contributed by atoms with Crippen LogP contribution in [0.1, 0.15) is 40.5 Å². The van der Waals surface area contributed by atoms with Crippen molar-refractivity contribution in [1.82, 2.24) is 9.80 Å². The Labute approximate surface area is 106 Å². The molecule has 0 amide bonds. The smallest absolute Gasteiger partial charge is 0.196 e. The minimum absolute atomic E-state index is 0.00540. The lowest BCUT2D eigenvalue weighted by molar-refractivity contribution is 0.456. The summed E-state index contributed by atoms with van der Waals surface area (Å²) in [5.74, 6) is 1.15. The molecule has 98 valence electrons. The van der Waals surface area contributed by atoms with Gasteiger partial charge in [0.15, 0.2) is 5.96 Å². The Morgan fingerprint density at radius 1 is 1.24 bits per heavy atom. The molecule has 1 aliphatic heterocycles. The summed E-state index contributed by atoms with van der Waals surface area (Å²) in [7, 11) is 2.13. The van der Waals surface area contributed by atoms with Gasteiger partial charge in [0, 0.05) is 26.7 Å². The predicted octanol–water partition coefficient (Wildman–Crippen LogP) is 2.74. The molecule has 0 unspecified atom stereocenters.